The molecule has 0 aliphatic heterocycles. The minimum Gasteiger partial charge on any atom is -0.491 e. The Bertz CT molecular complexity index is 671. The second-order valence-corrected chi connectivity index (χ2v) is 10.2. The molecular formula is C29H45FO. The number of halogens is 1. The minimum absolute atomic E-state index is 0.209. The van der Waals surface area contributed by atoms with Crippen molar-refractivity contribution in [2.24, 2.45) is 17.8 Å². The van der Waals surface area contributed by atoms with Gasteiger partial charge in [-0.3, -0.25) is 0 Å². The van der Waals surface area contributed by atoms with Crippen molar-refractivity contribution in [2.75, 3.05) is 6.61 Å². The third kappa shape index (κ3) is 8.28. The molecule has 1 atom stereocenters. The Morgan fingerprint density at radius 3 is 2.35 bits per heavy atom. The second-order valence-electron chi connectivity index (χ2n) is 10.2. The molecule has 0 radical (unpaired) electrons. The van der Waals surface area contributed by atoms with Crippen molar-refractivity contribution in [1.82, 2.24) is 0 Å². The van der Waals surface area contributed by atoms with E-state index in [0.29, 0.717) is 12.4 Å². The lowest BCUT2D eigenvalue weighted by Gasteiger charge is -2.29. The van der Waals surface area contributed by atoms with Gasteiger partial charge in [-0.1, -0.05) is 82.9 Å². The highest BCUT2D eigenvalue weighted by molar-refractivity contribution is 5.30. The summed E-state index contributed by atoms with van der Waals surface area (Å²) < 4.78 is 19.9. The molecule has 1 nitrogen and oxygen atoms in total. The van der Waals surface area contributed by atoms with Crippen LogP contribution in [0.1, 0.15) is 109 Å². The molecule has 174 valence electrons. The van der Waals surface area contributed by atoms with Crippen LogP contribution >= 0.6 is 0 Å². The number of allylic oxidation sites excluding steroid dienone is 2. The van der Waals surface area contributed by atoms with E-state index < -0.39 is 0 Å². The van der Waals surface area contributed by atoms with Gasteiger partial charge in [0.1, 0.15) is 0 Å². The fraction of sp³-hybridized carbons (Fsp3) is 0.724. The van der Waals surface area contributed by atoms with Crippen LogP contribution in [-0.2, 0) is 6.42 Å². The lowest BCUT2D eigenvalue weighted by Crippen LogP contribution is -2.15. The predicted molar refractivity (Wildman–Crippen MR) is 130 cm³/mol. The monoisotopic (exact) mass is 428 g/mol. The van der Waals surface area contributed by atoms with Gasteiger partial charge in [-0.05, 0) is 80.4 Å². The highest BCUT2D eigenvalue weighted by Gasteiger charge is 2.22. The van der Waals surface area contributed by atoms with Gasteiger partial charge in [0.05, 0.1) is 6.61 Å². The smallest absolute Gasteiger partial charge is 0.165 e. The van der Waals surface area contributed by atoms with Crippen LogP contribution in [0.15, 0.2) is 29.8 Å². The molecule has 0 spiro atoms. The molecule has 1 unspecified atom stereocenters. The number of hydrogen-bond acceptors (Lipinski definition) is 1. The zero-order valence-corrected chi connectivity index (χ0v) is 20.1. The molecule has 2 heteroatoms. The van der Waals surface area contributed by atoms with Crippen LogP contribution in [0.25, 0.3) is 0 Å². The summed E-state index contributed by atoms with van der Waals surface area (Å²) in [6.45, 7) is 5.13. The fourth-order valence-electron chi connectivity index (χ4n) is 5.49. The zero-order chi connectivity index (χ0) is 21.9. The van der Waals surface area contributed by atoms with Crippen molar-refractivity contribution >= 4 is 0 Å². The molecule has 3 rings (SSSR count). The second kappa shape index (κ2) is 13.3. The third-order valence-corrected chi connectivity index (χ3v) is 7.88. The normalized spacial score (nSPS) is 24.1. The first-order valence-corrected chi connectivity index (χ1v) is 13.3. The topological polar surface area (TPSA) is 9.23 Å². The van der Waals surface area contributed by atoms with Gasteiger partial charge >= 0.3 is 0 Å². The molecule has 0 aromatic heterocycles. The van der Waals surface area contributed by atoms with E-state index in [1.54, 1.807) is 11.6 Å². The number of rotatable bonds is 12. The van der Waals surface area contributed by atoms with Gasteiger partial charge in [0.25, 0.3) is 0 Å². The Balaban J connectivity index is 1.34. The summed E-state index contributed by atoms with van der Waals surface area (Å²) in [5.41, 5.74) is 2.67. The van der Waals surface area contributed by atoms with Crippen LogP contribution in [0.4, 0.5) is 4.39 Å². The van der Waals surface area contributed by atoms with Crippen LogP contribution in [0.2, 0.25) is 0 Å². The van der Waals surface area contributed by atoms with E-state index in [0.717, 1.165) is 55.4 Å². The van der Waals surface area contributed by atoms with Crippen molar-refractivity contribution in [3.8, 4) is 5.75 Å². The van der Waals surface area contributed by atoms with Gasteiger partial charge in [-0.2, -0.15) is 0 Å². The van der Waals surface area contributed by atoms with Crippen LogP contribution in [0.3, 0.4) is 0 Å². The molecule has 1 saturated carbocycles. The Hall–Kier alpha value is -1.31. The molecule has 1 aromatic carbocycles. The summed E-state index contributed by atoms with van der Waals surface area (Å²) in [6, 6.07) is 5.53. The molecule has 0 saturated heterocycles. The van der Waals surface area contributed by atoms with Crippen LogP contribution in [-0.4, -0.2) is 6.61 Å². The average molecular weight is 429 g/mol. The molecular weight excluding hydrogens is 383 g/mol. The van der Waals surface area contributed by atoms with Crippen molar-refractivity contribution in [1.29, 1.82) is 0 Å². The fourth-order valence-corrected chi connectivity index (χ4v) is 5.49. The van der Waals surface area contributed by atoms with Gasteiger partial charge in [0.2, 0.25) is 0 Å². The van der Waals surface area contributed by atoms with E-state index in [1.165, 1.54) is 64.2 Å². The maximum atomic E-state index is 14.3. The Kier molecular flexibility index (Phi) is 10.4. The average Bonchev–Trinajstić information content (AvgIpc) is 2.81. The van der Waals surface area contributed by atoms with E-state index in [4.69, 9.17) is 4.74 Å². The van der Waals surface area contributed by atoms with Crippen molar-refractivity contribution in [3.63, 3.8) is 0 Å². The van der Waals surface area contributed by atoms with E-state index >= 15 is 0 Å². The quantitative estimate of drug-likeness (QED) is 0.238. The molecule has 0 N–H and O–H groups in total. The highest BCUT2D eigenvalue weighted by atomic mass is 19.1. The standard InChI is InChI=1S/C29H45FO/c1-3-5-6-21-31-29-20-19-27(22-28(29)30)18-17-26-15-13-25(14-16-26)12-11-24-9-7-23(4-2)8-10-24/h15,19-20,22-25H,3-14,16-18,21H2,1-2H3. The Morgan fingerprint density at radius 2 is 1.68 bits per heavy atom. The number of hydrogen-bond donors (Lipinski definition) is 0. The predicted octanol–water partition coefficient (Wildman–Crippen LogP) is 9.05. The summed E-state index contributed by atoms with van der Waals surface area (Å²) in [7, 11) is 0. The minimum atomic E-state index is -0.209. The molecule has 2 aliphatic rings. The van der Waals surface area contributed by atoms with E-state index in [9.17, 15) is 4.39 Å². The van der Waals surface area contributed by atoms with Crippen molar-refractivity contribution < 1.29 is 9.13 Å². The first-order valence-electron chi connectivity index (χ1n) is 13.3. The first kappa shape index (κ1) is 24.3. The highest BCUT2D eigenvalue weighted by Crippen LogP contribution is 2.36. The lowest BCUT2D eigenvalue weighted by atomic mass is 9.76. The van der Waals surface area contributed by atoms with E-state index in [1.807, 2.05) is 12.1 Å². The van der Waals surface area contributed by atoms with Gasteiger partial charge in [0, 0.05) is 0 Å². The van der Waals surface area contributed by atoms with Gasteiger partial charge in [0.15, 0.2) is 11.6 Å². The number of unbranched alkanes of at least 4 members (excludes halogenated alkanes) is 2. The largest absolute Gasteiger partial charge is 0.491 e. The van der Waals surface area contributed by atoms with Crippen LogP contribution < -0.4 is 4.74 Å². The van der Waals surface area contributed by atoms with Gasteiger partial charge in [-0.25, -0.2) is 4.39 Å². The molecule has 31 heavy (non-hydrogen) atoms. The van der Waals surface area contributed by atoms with Crippen LogP contribution in [0, 0.1) is 23.6 Å². The SMILES string of the molecule is CCCCCOc1ccc(CCC2=CCC(CCC3CCC(CC)CC3)CC2)cc1F. The maximum absolute atomic E-state index is 14.3. The van der Waals surface area contributed by atoms with Crippen molar-refractivity contribution in [2.45, 2.75) is 110 Å². The van der Waals surface area contributed by atoms with E-state index in [2.05, 4.69) is 19.9 Å². The van der Waals surface area contributed by atoms with Gasteiger partial charge < -0.3 is 4.74 Å². The molecule has 1 fully saturated rings. The number of benzene rings is 1. The number of aryl methyl sites for hydroxylation is 1. The summed E-state index contributed by atoms with van der Waals surface area (Å²) in [6.07, 6.45) is 21.8. The third-order valence-electron chi connectivity index (χ3n) is 7.88. The maximum Gasteiger partial charge on any atom is 0.165 e. The van der Waals surface area contributed by atoms with Gasteiger partial charge in [-0.15, -0.1) is 0 Å². The lowest BCUT2D eigenvalue weighted by molar-refractivity contribution is 0.241. The molecule has 0 bridgehead atoms. The molecule has 0 amide bonds. The van der Waals surface area contributed by atoms with Crippen molar-refractivity contribution in [3.05, 3.63) is 41.2 Å². The van der Waals surface area contributed by atoms with Crippen LogP contribution in [0.5, 0.6) is 5.75 Å². The van der Waals surface area contributed by atoms with E-state index in [-0.39, 0.29) is 5.82 Å². The molecule has 2 aliphatic carbocycles. The summed E-state index contributed by atoms with van der Waals surface area (Å²) >= 11 is 0. The number of ether oxygens (including phenoxy) is 1. The molecule has 0 heterocycles. The first-order chi connectivity index (χ1) is 15.2. The zero-order valence-electron chi connectivity index (χ0n) is 20.1. The molecule has 1 aromatic rings. The summed E-state index contributed by atoms with van der Waals surface area (Å²) in [4.78, 5) is 0. The summed E-state index contributed by atoms with van der Waals surface area (Å²) in [5.74, 6) is 3.11. The Labute approximate surface area is 190 Å². The Morgan fingerprint density at radius 1 is 0.903 bits per heavy atom. The summed E-state index contributed by atoms with van der Waals surface area (Å²) in [5, 5.41) is 0.